The maximum Gasteiger partial charge on any atom is 0.448 e. The number of benzene rings is 1. The highest BCUT2D eigenvalue weighted by atomic mass is 31.2. The lowest BCUT2D eigenvalue weighted by atomic mass is 9.79. The first-order valence-electron chi connectivity index (χ1n) is 6.99. The van der Waals surface area contributed by atoms with Gasteiger partial charge in [-0.2, -0.15) is 4.76 Å². The van der Waals surface area contributed by atoms with Gasteiger partial charge in [0.05, 0.1) is 11.6 Å². The molecular formula is C15H18NO7P. The van der Waals surface area contributed by atoms with Crippen molar-refractivity contribution in [3.63, 3.8) is 0 Å². The Morgan fingerprint density at radius 3 is 2.50 bits per heavy atom. The Hall–Kier alpha value is -1.96. The molecule has 0 spiro atoms. The van der Waals surface area contributed by atoms with Crippen molar-refractivity contribution >= 4 is 13.5 Å². The summed E-state index contributed by atoms with van der Waals surface area (Å²) in [6.45, 7) is 1.48. The van der Waals surface area contributed by atoms with Gasteiger partial charge in [0.15, 0.2) is 5.79 Å². The monoisotopic (exact) mass is 355 g/mol. The van der Waals surface area contributed by atoms with Crippen molar-refractivity contribution in [1.29, 1.82) is 0 Å². The minimum Gasteiger partial charge on any atom is -0.508 e. The summed E-state index contributed by atoms with van der Waals surface area (Å²) < 4.78 is 14.3. The number of allylic oxidation sites excluding steroid dienone is 2. The van der Waals surface area contributed by atoms with Crippen LogP contribution in [0.5, 0.6) is 5.75 Å². The average Bonchev–Trinajstić information content (AvgIpc) is 2.44. The lowest BCUT2D eigenvalue weighted by Gasteiger charge is -2.36. The van der Waals surface area contributed by atoms with E-state index in [1.807, 2.05) is 0 Å². The van der Waals surface area contributed by atoms with Gasteiger partial charge in [0.2, 0.25) is 0 Å². The Morgan fingerprint density at radius 1 is 1.25 bits per heavy atom. The predicted molar refractivity (Wildman–Crippen MR) is 86.5 cm³/mol. The molecule has 24 heavy (non-hydrogen) atoms. The maximum atomic E-state index is 11.1. The molecule has 2 rings (SSSR count). The summed E-state index contributed by atoms with van der Waals surface area (Å²) in [4.78, 5) is 18.0. The summed E-state index contributed by atoms with van der Waals surface area (Å²) in [5.74, 6) is -5.08. The molecule has 0 amide bonds. The van der Waals surface area contributed by atoms with E-state index in [9.17, 15) is 25.0 Å². The van der Waals surface area contributed by atoms with Gasteiger partial charge in [-0.05, 0) is 23.8 Å². The number of phenolic OH excluding ortho intramolecular Hbond substituents is 1. The number of hydrogen-bond acceptors (Lipinski definition) is 5. The van der Waals surface area contributed by atoms with Gasteiger partial charge in [-0.25, -0.2) is 4.57 Å². The summed E-state index contributed by atoms with van der Waals surface area (Å²) >= 11 is 0. The van der Waals surface area contributed by atoms with Gasteiger partial charge in [0, 0.05) is 12.0 Å². The number of rotatable bonds is 4. The van der Waals surface area contributed by atoms with Crippen molar-refractivity contribution in [3.05, 3.63) is 53.8 Å². The molecule has 0 aliphatic heterocycles. The van der Waals surface area contributed by atoms with Crippen molar-refractivity contribution in [1.82, 2.24) is 0 Å². The summed E-state index contributed by atoms with van der Waals surface area (Å²) in [5.41, 5.74) is 0.0445. The van der Waals surface area contributed by atoms with Crippen molar-refractivity contribution in [2.45, 2.75) is 18.6 Å². The third-order valence-corrected chi connectivity index (χ3v) is 4.28. The molecule has 1 aliphatic carbocycles. The third-order valence-electron chi connectivity index (χ3n) is 3.78. The average molecular weight is 355 g/mol. The van der Waals surface area contributed by atoms with Crippen molar-refractivity contribution in [2.24, 2.45) is 10.7 Å². The van der Waals surface area contributed by atoms with Crippen LogP contribution in [0.1, 0.15) is 18.4 Å². The molecule has 0 heterocycles. The second-order valence-corrected chi connectivity index (χ2v) is 6.77. The van der Waals surface area contributed by atoms with Crippen LogP contribution in [0, 0.1) is 5.92 Å². The largest absolute Gasteiger partial charge is 0.508 e. The summed E-state index contributed by atoms with van der Waals surface area (Å²) in [6, 6.07) is 5.88. The quantitative estimate of drug-likeness (QED) is 0.352. The molecule has 0 saturated heterocycles. The molecule has 0 aromatic heterocycles. The molecule has 6 N–H and O–H groups in total. The van der Waals surface area contributed by atoms with Crippen LogP contribution in [0.25, 0.3) is 0 Å². The smallest absolute Gasteiger partial charge is 0.448 e. The maximum absolute atomic E-state index is 11.1. The number of nitrogens with zero attached hydrogens (tertiary/aromatic N) is 1. The second kappa shape index (κ2) is 6.51. The van der Waals surface area contributed by atoms with Gasteiger partial charge in [-0.1, -0.05) is 25.1 Å². The lowest BCUT2D eigenvalue weighted by molar-refractivity contribution is -0.188. The second-order valence-electron chi connectivity index (χ2n) is 5.54. The molecule has 1 aromatic carbocycles. The number of aliphatic hydroxyl groups is 3. The molecule has 8 nitrogen and oxygen atoms in total. The molecule has 2 atom stereocenters. The standard InChI is InChI=1S/C15H18NO7P/c1-9(10-3-2-4-11(17)7-10)15(19,20)13-6-5-12(18)8-14(13)16-24(21,22)23/h2-9,13,17-20H,1H3,(H2,21,22,23). The van der Waals surface area contributed by atoms with Crippen molar-refractivity contribution < 1.29 is 34.8 Å². The third kappa shape index (κ3) is 4.11. The van der Waals surface area contributed by atoms with Crippen LogP contribution in [0.4, 0.5) is 0 Å². The number of aromatic hydroxyl groups is 1. The fourth-order valence-electron chi connectivity index (χ4n) is 2.49. The van der Waals surface area contributed by atoms with E-state index in [0.29, 0.717) is 5.56 Å². The molecule has 1 aromatic rings. The Bertz CT molecular complexity index is 763. The van der Waals surface area contributed by atoms with E-state index in [2.05, 4.69) is 4.76 Å². The van der Waals surface area contributed by atoms with Crippen LogP contribution in [0.2, 0.25) is 0 Å². The van der Waals surface area contributed by atoms with E-state index >= 15 is 0 Å². The predicted octanol–water partition coefficient (Wildman–Crippen LogP) is 1.34. The molecular weight excluding hydrogens is 337 g/mol. The fourth-order valence-corrected chi connectivity index (χ4v) is 2.98. The number of phenols is 1. The van der Waals surface area contributed by atoms with E-state index in [1.165, 1.54) is 37.3 Å². The summed E-state index contributed by atoms with van der Waals surface area (Å²) in [7, 11) is -4.84. The Balaban J connectivity index is 2.44. The topological polar surface area (TPSA) is 151 Å². The molecule has 0 fully saturated rings. The van der Waals surface area contributed by atoms with Gasteiger partial charge >= 0.3 is 7.75 Å². The zero-order valence-electron chi connectivity index (χ0n) is 12.7. The summed E-state index contributed by atoms with van der Waals surface area (Å²) in [5, 5.41) is 40.2. The molecule has 0 bridgehead atoms. The molecule has 2 unspecified atom stereocenters. The van der Waals surface area contributed by atoms with E-state index in [-0.39, 0.29) is 17.2 Å². The number of aliphatic hydroxyl groups excluding tert-OH is 1. The highest BCUT2D eigenvalue weighted by Gasteiger charge is 2.43. The van der Waals surface area contributed by atoms with Crippen LogP contribution in [-0.2, 0) is 4.57 Å². The fraction of sp³-hybridized carbons (Fsp3) is 0.267. The Kier molecular flexibility index (Phi) is 4.98. The zero-order chi connectivity index (χ0) is 18.1. The molecule has 0 radical (unpaired) electrons. The van der Waals surface area contributed by atoms with Crippen molar-refractivity contribution in [3.8, 4) is 5.75 Å². The van der Waals surface area contributed by atoms with Gasteiger partial charge in [0.25, 0.3) is 0 Å². The molecule has 0 saturated carbocycles. The van der Waals surface area contributed by atoms with E-state index in [4.69, 9.17) is 9.79 Å². The molecule has 1 aliphatic rings. The van der Waals surface area contributed by atoms with Gasteiger partial charge in [0.1, 0.15) is 11.5 Å². The van der Waals surface area contributed by atoms with Crippen LogP contribution < -0.4 is 0 Å². The molecule has 9 heteroatoms. The van der Waals surface area contributed by atoms with Gasteiger partial charge in [-0.3, -0.25) is 0 Å². The van der Waals surface area contributed by atoms with Crippen LogP contribution in [-0.4, -0.2) is 41.7 Å². The Morgan fingerprint density at radius 2 is 1.92 bits per heavy atom. The Labute approximate surface area is 138 Å². The van der Waals surface area contributed by atoms with Gasteiger partial charge in [-0.15, -0.1) is 0 Å². The number of hydrogen-bond donors (Lipinski definition) is 6. The minimum atomic E-state index is -4.84. The van der Waals surface area contributed by atoms with E-state index in [1.54, 1.807) is 6.07 Å². The highest BCUT2D eigenvalue weighted by molar-refractivity contribution is 7.50. The van der Waals surface area contributed by atoms with Crippen LogP contribution in [0.3, 0.4) is 0 Å². The first-order chi connectivity index (χ1) is 11.0. The van der Waals surface area contributed by atoms with E-state index in [0.717, 1.165) is 6.08 Å². The van der Waals surface area contributed by atoms with Crippen LogP contribution in [0.15, 0.2) is 53.0 Å². The SMILES string of the molecule is CC(c1cccc(O)c1)C(O)(O)C1C=CC(O)=CC1=NP(=O)(O)O. The van der Waals surface area contributed by atoms with E-state index < -0.39 is 25.4 Å². The van der Waals surface area contributed by atoms with Crippen molar-refractivity contribution in [2.75, 3.05) is 0 Å². The lowest BCUT2D eigenvalue weighted by Crippen LogP contribution is -2.46. The highest BCUT2D eigenvalue weighted by Crippen LogP contribution is 2.41. The first kappa shape index (κ1) is 18.4. The first-order valence-corrected chi connectivity index (χ1v) is 8.55. The minimum absolute atomic E-state index is 0.0593. The van der Waals surface area contributed by atoms with Crippen LogP contribution >= 0.6 is 7.75 Å². The van der Waals surface area contributed by atoms with Gasteiger partial charge < -0.3 is 30.2 Å². The zero-order valence-corrected chi connectivity index (χ0v) is 13.6. The normalized spacial score (nSPS) is 21.6. The summed E-state index contributed by atoms with van der Waals surface area (Å²) in [6.07, 6.45) is 3.34. The molecule has 130 valence electrons.